The summed E-state index contributed by atoms with van der Waals surface area (Å²) in [6.07, 6.45) is 5.93. The van der Waals surface area contributed by atoms with Gasteiger partial charge in [-0.2, -0.15) is 0 Å². The van der Waals surface area contributed by atoms with Crippen molar-refractivity contribution >= 4 is 28.9 Å². The fourth-order valence-corrected chi connectivity index (χ4v) is 4.08. The summed E-state index contributed by atoms with van der Waals surface area (Å²) in [7, 11) is 1.84. The van der Waals surface area contributed by atoms with Crippen LogP contribution in [0.2, 0.25) is 0 Å². The molecule has 4 rings (SSSR count). The van der Waals surface area contributed by atoms with Crippen molar-refractivity contribution in [1.29, 1.82) is 0 Å². The summed E-state index contributed by atoms with van der Waals surface area (Å²) in [6, 6.07) is 26.5. The molecular weight excluding hydrogens is 436 g/mol. The first-order valence-electron chi connectivity index (χ1n) is 11.9. The van der Waals surface area contributed by atoms with Crippen LogP contribution in [0.15, 0.2) is 91.1 Å². The number of hydrogen-bond donors (Lipinski definition) is 0. The Labute approximate surface area is 206 Å². The highest BCUT2D eigenvalue weighted by atomic mass is 16.5. The van der Waals surface area contributed by atoms with Crippen molar-refractivity contribution in [2.45, 2.75) is 19.9 Å². The monoisotopic (exact) mass is 466 g/mol. The first kappa shape index (κ1) is 24.0. The quantitative estimate of drug-likeness (QED) is 0.239. The molecule has 178 valence electrons. The molecule has 0 saturated carbocycles. The number of ether oxygens (including phenoxy) is 1. The second kappa shape index (κ2) is 11.3. The molecule has 3 aromatic carbocycles. The molecule has 5 nitrogen and oxygen atoms in total. The number of fused-ring (bicyclic) bond motifs is 1. The summed E-state index contributed by atoms with van der Waals surface area (Å²) < 4.78 is 7.00. The predicted octanol–water partition coefficient (Wildman–Crippen LogP) is 5.59. The van der Waals surface area contributed by atoms with Gasteiger partial charge in [0.25, 0.3) is 0 Å². The highest BCUT2D eigenvalue weighted by molar-refractivity contribution is 5.97. The highest BCUT2D eigenvalue weighted by Gasteiger charge is 2.14. The van der Waals surface area contributed by atoms with Gasteiger partial charge in [-0.1, -0.05) is 66.7 Å². The van der Waals surface area contributed by atoms with Crippen LogP contribution in [-0.4, -0.2) is 41.5 Å². The van der Waals surface area contributed by atoms with Gasteiger partial charge in [0.15, 0.2) is 0 Å². The second-order valence-electron chi connectivity index (χ2n) is 8.45. The second-order valence-corrected chi connectivity index (χ2v) is 8.45. The van der Waals surface area contributed by atoms with E-state index in [0.29, 0.717) is 13.2 Å². The van der Waals surface area contributed by atoms with Gasteiger partial charge in [-0.25, -0.2) is 4.79 Å². The third-order valence-corrected chi connectivity index (χ3v) is 6.01. The van der Waals surface area contributed by atoms with E-state index in [0.717, 1.165) is 34.0 Å². The Morgan fingerprint density at radius 2 is 1.66 bits per heavy atom. The van der Waals surface area contributed by atoms with Crippen LogP contribution in [-0.2, 0) is 27.3 Å². The summed E-state index contributed by atoms with van der Waals surface area (Å²) in [5, 5.41) is 0.978. The van der Waals surface area contributed by atoms with Crippen LogP contribution >= 0.6 is 0 Å². The number of benzene rings is 3. The van der Waals surface area contributed by atoms with Gasteiger partial charge in [0, 0.05) is 42.3 Å². The van der Waals surface area contributed by atoms with Crippen molar-refractivity contribution in [3.63, 3.8) is 0 Å². The number of amides is 1. The molecule has 0 aliphatic carbocycles. The normalized spacial score (nSPS) is 11.1. The molecule has 1 heterocycles. The van der Waals surface area contributed by atoms with E-state index >= 15 is 0 Å². The van der Waals surface area contributed by atoms with E-state index in [4.69, 9.17) is 4.74 Å². The molecule has 5 heteroatoms. The molecule has 35 heavy (non-hydrogen) atoms. The molecule has 1 aromatic heterocycles. The summed E-state index contributed by atoms with van der Waals surface area (Å²) in [5.74, 6) is -0.352. The zero-order chi connectivity index (χ0) is 24.6. The average Bonchev–Trinajstić information content (AvgIpc) is 3.23. The maximum Gasteiger partial charge on any atom is 0.330 e. The molecule has 0 radical (unpaired) electrons. The first-order valence-corrected chi connectivity index (χ1v) is 11.9. The highest BCUT2D eigenvalue weighted by Crippen LogP contribution is 2.29. The SMILES string of the molecule is CCOC(=O)C=Cc1cn(CC(=O)N(C)CCc2ccccc2)c2ccc(-c3ccccc3)cc12. The third-order valence-electron chi connectivity index (χ3n) is 6.01. The van der Waals surface area contributed by atoms with Crippen molar-refractivity contribution in [3.8, 4) is 11.1 Å². The molecule has 0 unspecified atom stereocenters. The van der Waals surface area contributed by atoms with Crippen LogP contribution in [0.4, 0.5) is 0 Å². The third kappa shape index (κ3) is 6.07. The van der Waals surface area contributed by atoms with E-state index in [2.05, 4.69) is 36.4 Å². The Balaban J connectivity index is 1.60. The van der Waals surface area contributed by atoms with Gasteiger partial charge in [0.05, 0.1) is 6.61 Å². The predicted molar refractivity (Wildman–Crippen MR) is 141 cm³/mol. The minimum absolute atomic E-state index is 0.0332. The van der Waals surface area contributed by atoms with Crippen molar-refractivity contribution in [1.82, 2.24) is 9.47 Å². The van der Waals surface area contributed by atoms with E-state index in [1.54, 1.807) is 17.9 Å². The molecule has 0 saturated heterocycles. The van der Waals surface area contributed by atoms with Gasteiger partial charge in [-0.05, 0) is 48.2 Å². The topological polar surface area (TPSA) is 51.5 Å². The average molecular weight is 467 g/mol. The number of carbonyl (C=O) groups excluding carboxylic acids is 2. The van der Waals surface area contributed by atoms with Gasteiger partial charge in [-0.15, -0.1) is 0 Å². The number of hydrogen-bond acceptors (Lipinski definition) is 3. The molecule has 0 spiro atoms. The summed E-state index contributed by atoms with van der Waals surface area (Å²) >= 11 is 0. The van der Waals surface area contributed by atoms with Crippen LogP contribution in [0.1, 0.15) is 18.1 Å². The Morgan fingerprint density at radius 3 is 2.37 bits per heavy atom. The Kier molecular flexibility index (Phi) is 7.78. The molecule has 0 N–H and O–H groups in total. The Bertz CT molecular complexity index is 1320. The molecule has 0 atom stereocenters. The van der Waals surface area contributed by atoms with Crippen molar-refractivity contribution in [2.24, 2.45) is 0 Å². The minimum Gasteiger partial charge on any atom is -0.463 e. The van der Waals surface area contributed by atoms with Gasteiger partial charge in [0.2, 0.25) is 5.91 Å². The van der Waals surface area contributed by atoms with Gasteiger partial charge in [0.1, 0.15) is 6.54 Å². The lowest BCUT2D eigenvalue weighted by Crippen LogP contribution is -2.31. The maximum absolute atomic E-state index is 13.0. The van der Waals surface area contributed by atoms with Crippen LogP contribution < -0.4 is 0 Å². The molecule has 4 aromatic rings. The zero-order valence-corrected chi connectivity index (χ0v) is 20.2. The number of likely N-dealkylation sites (N-methyl/N-ethyl adjacent to an activating group) is 1. The minimum atomic E-state index is -0.385. The summed E-state index contributed by atoms with van der Waals surface area (Å²) in [5.41, 5.74) is 5.20. The van der Waals surface area contributed by atoms with Crippen LogP contribution in [0, 0.1) is 0 Å². The largest absolute Gasteiger partial charge is 0.463 e. The van der Waals surface area contributed by atoms with Gasteiger partial charge in [-0.3, -0.25) is 4.79 Å². The van der Waals surface area contributed by atoms with E-state index in [1.165, 1.54) is 11.6 Å². The number of esters is 1. The molecule has 0 aliphatic heterocycles. The molecule has 0 aliphatic rings. The van der Waals surface area contributed by atoms with Crippen LogP contribution in [0.3, 0.4) is 0 Å². The van der Waals surface area contributed by atoms with Gasteiger partial charge >= 0.3 is 5.97 Å². The van der Waals surface area contributed by atoms with Crippen molar-refractivity contribution in [3.05, 3.63) is 102 Å². The molecule has 0 fully saturated rings. The molecule has 0 bridgehead atoms. The lowest BCUT2D eigenvalue weighted by Gasteiger charge is -2.18. The number of aromatic nitrogens is 1. The van der Waals surface area contributed by atoms with Crippen LogP contribution in [0.25, 0.3) is 28.1 Å². The van der Waals surface area contributed by atoms with Gasteiger partial charge < -0.3 is 14.2 Å². The molecule has 1 amide bonds. The van der Waals surface area contributed by atoms with E-state index in [9.17, 15) is 9.59 Å². The fourth-order valence-electron chi connectivity index (χ4n) is 4.08. The van der Waals surface area contributed by atoms with Crippen molar-refractivity contribution < 1.29 is 14.3 Å². The summed E-state index contributed by atoms with van der Waals surface area (Å²) in [6.45, 7) is 2.98. The Hall–Kier alpha value is -4.12. The number of carbonyl (C=O) groups is 2. The smallest absolute Gasteiger partial charge is 0.330 e. The van der Waals surface area contributed by atoms with E-state index < -0.39 is 0 Å². The number of rotatable bonds is 9. The number of nitrogens with zero attached hydrogens (tertiary/aromatic N) is 2. The van der Waals surface area contributed by atoms with Crippen LogP contribution in [0.5, 0.6) is 0 Å². The maximum atomic E-state index is 13.0. The van der Waals surface area contributed by atoms with E-state index in [1.807, 2.05) is 60.3 Å². The van der Waals surface area contributed by atoms with Crippen molar-refractivity contribution in [2.75, 3.05) is 20.2 Å². The standard InChI is InChI=1S/C30H30N2O3/c1-3-35-30(34)17-15-26-21-32(22-29(33)31(2)19-18-23-10-6-4-7-11-23)28-16-14-25(20-27(26)28)24-12-8-5-9-13-24/h4-17,20-21H,3,18-19,22H2,1-2H3. The lowest BCUT2D eigenvalue weighted by molar-refractivity contribution is -0.137. The first-order chi connectivity index (χ1) is 17.0. The zero-order valence-electron chi connectivity index (χ0n) is 20.2. The lowest BCUT2D eigenvalue weighted by atomic mass is 10.0. The van der Waals surface area contributed by atoms with E-state index in [-0.39, 0.29) is 18.4 Å². The summed E-state index contributed by atoms with van der Waals surface area (Å²) in [4.78, 5) is 26.7. The molecular formula is C30H30N2O3. The fraction of sp³-hybridized carbons (Fsp3) is 0.200. The Morgan fingerprint density at radius 1 is 0.943 bits per heavy atom.